The van der Waals surface area contributed by atoms with E-state index in [0.717, 1.165) is 10.2 Å². The van der Waals surface area contributed by atoms with Crippen molar-refractivity contribution in [2.24, 2.45) is 0 Å². The lowest BCUT2D eigenvalue weighted by Crippen LogP contribution is -2.24. The molecule has 3 aromatic rings. The van der Waals surface area contributed by atoms with Crippen LogP contribution in [0, 0.1) is 0 Å². The third-order valence-corrected chi connectivity index (χ3v) is 3.45. The molecule has 0 aliphatic carbocycles. The average Bonchev–Trinajstić information content (AvgIpc) is 2.97. The SMILES string of the molecule is O=C(NCc1ccc(Cl)cc1)c1nn(-c2ccccc2)c(=O)[nH]1. The molecule has 0 bridgehead atoms. The maximum absolute atomic E-state index is 12.1. The topological polar surface area (TPSA) is 79.8 Å². The molecular weight excluding hydrogens is 316 g/mol. The highest BCUT2D eigenvalue weighted by molar-refractivity contribution is 6.30. The van der Waals surface area contributed by atoms with Gasteiger partial charge in [0.15, 0.2) is 0 Å². The van der Waals surface area contributed by atoms with E-state index >= 15 is 0 Å². The van der Waals surface area contributed by atoms with Crippen molar-refractivity contribution in [1.29, 1.82) is 0 Å². The van der Waals surface area contributed by atoms with Crippen LogP contribution in [0.15, 0.2) is 59.4 Å². The van der Waals surface area contributed by atoms with Crippen molar-refractivity contribution in [3.8, 4) is 5.69 Å². The predicted octanol–water partition coefficient (Wildman–Crippen LogP) is 2.14. The fourth-order valence-electron chi connectivity index (χ4n) is 2.04. The van der Waals surface area contributed by atoms with Crippen molar-refractivity contribution in [3.05, 3.63) is 81.5 Å². The number of aromatic nitrogens is 3. The molecule has 7 heteroatoms. The van der Waals surface area contributed by atoms with E-state index in [-0.39, 0.29) is 5.82 Å². The number of nitrogens with zero attached hydrogens (tertiary/aromatic N) is 2. The van der Waals surface area contributed by atoms with E-state index < -0.39 is 11.6 Å². The zero-order valence-corrected chi connectivity index (χ0v) is 12.7. The molecular formula is C16H13ClN4O2. The Labute approximate surface area is 136 Å². The molecule has 0 saturated carbocycles. The lowest BCUT2D eigenvalue weighted by molar-refractivity contribution is 0.0940. The fraction of sp³-hybridized carbons (Fsp3) is 0.0625. The summed E-state index contributed by atoms with van der Waals surface area (Å²) in [5.74, 6) is -0.487. The summed E-state index contributed by atoms with van der Waals surface area (Å²) >= 11 is 5.81. The number of benzene rings is 2. The lowest BCUT2D eigenvalue weighted by atomic mass is 10.2. The molecule has 116 valence electrons. The van der Waals surface area contributed by atoms with Gasteiger partial charge >= 0.3 is 5.69 Å². The first-order valence-electron chi connectivity index (χ1n) is 6.91. The van der Waals surface area contributed by atoms with Crippen molar-refractivity contribution < 1.29 is 4.79 Å². The summed E-state index contributed by atoms with van der Waals surface area (Å²) in [4.78, 5) is 26.5. The number of aromatic amines is 1. The van der Waals surface area contributed by atoms with Gasteiger partial charge in [-0.1, -0.05) is 41.9 Å². The Bertz CT molecular complexity index is 869. The fourth-order valence-corrected chi connectivity index (χ4v) is 2.17. The first-order valence-corrected chi connectivity index (χ1v) is 7.29. The molecule has 6 nitrogen and oxygen atoms in total. The Morgan fingerprint density at radius 1 is 1.13 bits per heavy atom. The summed E-state index contributed by atoms with van der Waals surface area (Å²) in [5.41, 5.74) is 1.02. The molecule has 0 unspecified atom stereocenters. The molecule has 0 fully saturated rings. The van der Waals surface area contributed by atoms with Gasteiger partial charge in [0.25, 0.3) is 5.91 Å². The molecule has 1 heterocycles. The smallest absolute Gasteiger partial charge is 0.345 e. The number of nitrogens with one attached hydrogen (secondary N) is 2. The Morgan fingerprint density at radius 3 is 2.52 bits per heavy atom. The van der Waals surface area contributed by atoms with Crippen LogP contribution in [0.4, 0.5) is 0 Å². The van der Waals surface area contributed by atoms with Crippen LogP contribution >= 0.6 is 11.6 Å². The van der Waals surface area contributed by atoms with Crippen LogP contribution in [-0.2, 0) is 6.54 Å². The molecule has 1 aromatic heterocycles. The van der Waals surface area contributed by atoms with Crippen LogP contribution < -0.4 is 11.0 Å². The molecule has 0 atom stereocenters. The van der Waals surface area contributed by atoms with Gasteiger partial charge in [-0.25, -0.2) is 4.79 Å². The van der Waals surface area contributed by atoms with Crippen molar-refractivity contribution >= 4 is 17.5 Å². The van der Waals surface area contributed by atoms with Gasteiger partial charge in [0, 0.05) is 11.6 Å². The summed E-state index contributed by atoms with van der Waals surface area (Å²) in [6.45, 7) is 0.316. The second kappa shape index (κ2) is 6.50. The van der Waals surface area contributed by atoms with Gasteiger partial charge in [0.2, 0.25) is 5.82 Å². The maximum atomic E-state index is 12.1. The second-order valence-corrected chi connectivity index (χ2v) is 5.27. The Hall–Kier alpha value is -2.86. The van der Waals surface area contributed by atoms with E-state index in [2.05, 4.69) is 15.4 Å². The van der Waals surface area contributed by atoms with Crippen molar-refractivity contribution in [2.45, 2.75) is 6.54 Å². The molecule has 0 radical (unpaired) electrons. The van der Waals surface area contributed by atoms with Gasteiger partial charge in [-0.3, -0.25) is 9.78 Å². The molecule has 0 spiro atoms. The molecule has 1 amide bonds. The Balaban J connectivity index is 1.73. The number of carbonyl (C=O) groups excluding carboxylic acids is 1. The summed E-state index contributed by atoms with van der Waals surface area (Å²) in [6.07, 6.45) is 0. The minimum absolute atomic E-state index is 0.0344. The number of carbonyl (C=O) groups is 1. The molecule has 2 aromatic carbocycles. The molecule has 3 rings (SSSR count). The lowest BCUT2D eigenvalue weighted by Gasteiger charge is -2.03. The highest BCUT2D eigenvalue weighted by Crippen LogP contribution is 2.09. The summed E-state index contributed by atoms with van der Waals surface area (Å²) < 4.78 is 1.15. The molecule has 23 heavy (non-hydrogen) atoms. The standard InChI is InChI=1S/C16H13ClN4O2/c17-12-8-6-11(7-9-12)10-18-15(22)14-19-16(23)21(20-14)13-4-2-1-3-5-13/h1-9H,10H2,(H,18,22)(H,19,20,23). The first-order chi connectivity index (χ1) is 11.1. The van der Waals surface area contributed by atoms with E-state index in [1.165, 1.54) is 0 Å². The van der Waals surface area contributed by atoms with Gasteiger partial charge in [0.1, 0.15) is 0 Å². The van der Waals surface area contributed by atoms with E-state index in [1.54, 1.807) is 36.4 Å². The van der Waals surface area contributed by atoms with Crippen LogP contribution in [0.1, 0.15) is 16.2 Å². The Kier molecular flexibility index (Phi) is 4.25. The second-order valence-electron chi connectivity index (χ2n) is 4.84. The quantitative estimate of drug-likeness (QED) is 0.770. The predicted molar refractivity (Wildman–Crippen MR) is 86.8 cm³/mol. The Morgan fingerprint density at radius 2 is 1.83 bits per heavy atom. The van der Waals surface area contributed by atoms with Gasteiger partial charge in [-0.2, -0.15) is 4.68 Å². The van der Waals surface area contributed by atoms with Crippen molar-refractivity contribution in [1.82, 2.24) is 20.1 Å². The monoisotopic (exact) mass is 328 g/mol. The normalized spacial score (nSPS) is 10.5. The van der Waals surface area contributed by atoms with Gasteiger partial charge in [-0.05, 0) is 29.8 Å². The van der Waals surface area contributed by atoms with Crippen LogP contribution in [-0.4, -0.2) is 20.7 Å². The zero-order valence-electron chi connectivity index (χ0n) is 12.0. The highest BCUT2D eigenvalue weighted by atomic mass is 35.5. The number of halogens is 1. The number of amides is 1. The molecule has 0 saturated heterocycles. The third-order valence-electron chi connectivity index (χ3n) is 3.20. The van der Waals surface area contributed by atoms with Gasteiger partial charge < -0.3 is 5.32 Å². The van der Waals surface area contributed by atoms with E-state index in [4.69, 9.17) is 11.6 Å². The summed E-state index contributed by atoms with van der Waals surface area (Å²) in [6, 6.07) is 16.0. The van der Waals surface area contributed by atoms with E-state index in [9.17, 15) is 9.59 Å². The minimum atomic E-state index is -0.465. The van der Waals surface area contributed by atoms with Gasteiger partial charge in [0.05, 0.1) is 5.69 Å². The zero-order chi connectivity index (χ0) is 16.2. The largest absolute Gasteiger partial charge is 0.348 e. The first kappa shape index (κ1) is 15.1. The van der Waals surface area contributed by atoms with Crippen molar-refractivity contribution in [2.75, 3.05) is 0 Å². The van der Waals surface area contributed by atoms with Crippen LogP contribution in [0.5, 0.6) is 0 Å². The maximum Gasteiger partial charge on any atom is 0.348 e. The highest BCUT2D eigenvalue weighted by Gasteiger charge is 2.13. The van der Waals surface area contributed by atoms with E-state index in [1.807, 2.05) is 18.2 Å². The van der Waals surface area contributed by atoms with Crippen LogP contribution in [0.3, 0.4) is 0 Å². The molecule has 2 N–H and O–H groups in total. The van der Waals surface area contributed by atoms with Crippen molar-refractivity contribution in [3.63, 3.8) is 0 Å². The summed E-state index contributed by atoms with van der Waals surface area (Å²) in [5, 5.41) is 7.35. The number of rotatable bonds is 4. The number of H-pyrrole nitrogens is 1. The molecule has 0 aliphatic rings. The number of hydrogen-bond acceptors (Lipinski definition) is 3. The molecule has 0 aliphatic heterocycles. The number of hydrogen-bond donors (Lipinski definition) is 2. The average molecular weight is 329 g/mol. The van der Waals surface area contributed by atoms with Gasteiger partial charge in [-0.15, -0.1) is 5.10 Å². The van der Waals surface area contributed by atoms with Crippen LogP contribution in [0.25, 0.3) is 5.69 Å². The summed E-state index contributed by atoms with van der Waals surface area (Å²) in [7, 11) is 0. The third kappa shape index (κ3) is 3.49. The number of para-hydroxylation sites is 1. The van der Waals surface area contributed by atoms with Crippen LogP contribution in [0.2, 0.25) is 5.02 Å². The minimum Gasteiger partial charge on any atom is -0.345 e. The van der Waals surface area contributed by atoms with E-state index in [0.29, 0.717) is 17.3 Å².